The summed E-state index contributed by atoms with van der Waals surface area (Å²) in [5.74, 6) is -2.89. The highest BCUT2D eigenvalue weighted by molar-refractivity contribution is 5.86. The highest BCUT2D eigenvalue weighted by Gasteiger charge is 2.43. The fourth-order valence-corrected chi connectivity index (χ4v) is 4.20. The number of carbonyl (C=O) groups excluding carboxylic acids is 4. The van der Waals surface area contributed by atoms with E-state index in [4.69, 9.17) is 24.2 Å². The lowest BCUT2D eigenvalue weighted by Gasteiger charge is -2.38. The molecule has 20 heteroatoms. The number of hydroxylamine groups is 1. The highest BCUT2D eigenvalue weighted by atomic mass is 16.7. The normalized spacial score (nSPS) is 32.1. The van der Waals surface area contributed by atoms with Gasteiger partial charge in [-0.2, -0.15) is 0 Å². The zero-order valence-corrected chi connectivity index (χ0v) is 24.3. The van der Waals surface area contributed by atoms with Gasteiger partial charge < -0.3 is 65.5 Å². The number of ether oxygens (including phenoxy) is 4. The van der Waals surface area contributed by atoms with Crippen LogP contribution in [0.15, 0.2) is 0 Å². The van der Waals surface area contributed by atoms with E-state index >= 15 is 0 Å². The molecule has 20 nitrogen and oxygen atoms in total. The monoisotopic (exact) mass is 641 g/mol. The van der Waals surface area contributed by atoms with Crippen LogP contribution in [-0.2, 0) is 38.1 Å². The van der Waals surface area contributed by atoms with Crippen LogP contribution in [0.4, 0.5) is 0 Å². The SMILES string of the molecule is C[C@@H]1O[C@@H](OCCNC(=O)CN(CC(=O)NCCO[C@@H]2O[C@@H](C)[C@@H](O)[C@@H](O)[C@@H]2O)CC(=O)NCC(=O)NO)[C@@H](O)[C@H](O)[C@@H]1O. The van der Waals surface area contributed by atoms with Crippen molar-refractivity contribution in [1.29, 1.82) is 0 Å². The fraction of sp³-hybridized carbons (Fsp3) is 0.833. The average Bonchev–Trinajstić information content (AvgIpc) is 2.98. The van der Waals surface area contributed by atoms with Crippen molar-refractivity contribution in [1.82, 2.24) is 26.3 Å². The molecule has 0 spiro atoms. The highest BCUT2D eigenvalue weighted by Crippen LogP contribution is 2.22. The number of nitrogens with one attached hydrogen (secondary N) is 4. The van der Waals surface area contributed by atoms with Gasteiger partial charge in [-0.1, -0.05) is 0 Å². The van der Waals surface area contributed by atoms with Gasteiger partial charge in [-0.15, -0.1) is 0 Å². The van der Waals surface area contributed by atoms with Crippen LogP contribution in [0.25, 0.3) is 0 Å². The molecular formula is C24H43N5O15. The summed E-state index contributed by atoms with van der Waals surface area (Å²) in [7, 11) is 0. The van der Waals surface area contributed by atoms with E-state index in [9.17, 15) is 49.8 Å². The van der Waals surface area contributed by atoms with Crippen LogP contribution in [-0.4, -0.2) is 178 Å². The molecule has 44 heavy (non-hydrogen) atoms. The number of nitrogens with zero attached hydrogens (tertiary/aromatic N) is 1. The molecule has 2 fully saturated rings. The molecule has 2 rings (SSSR count). The van der Waals surface area contributed by atoms with Crippen molar-refractivity contribution in [3.63, 3.8) is 0 Å². The molecule has 10 atom stereocenters. The number of amides is 4. The topological polar surface area (TPSA) is 298 Å². The van der Waals surface area contributed by atoms with E-state index in [0.29, 0.717) is 0 Å². The van der Waals surface area contributed by atoms with Gasteiger partial charge in [0.1, 0.15) is 36.6 Å². The van der Waals surface area contributed by atoms with Crippen molar-refractivity contribution in [3.05, 3.63) is 0 Å². The van der Waals surface area contributed by atoms with Gasteiger partial charge >= 0.3 is 0 Å². The van der Waals surface area contributed by atoms with Gasteiger partial charge in [-0.05, 0) is 13.8 Å². The van der Waals surface area contributed by atoms with E-state index in [-0.39, 0.29) is 26.3 Å². The first-order chi connectivity index (χ1) is 20.7. The molecule has 0 aromatic rings. The Morgan fingerprint density at radius 2 is 1.00 bits per heavy atom. The maximum Gasteiger partial charge on any atom is 0.262 e. The van der Waals surface area contributed by atoms with Gasteiger partial charge in [0.15, 0.2) is 12.6 Å². The zero-order chi connectivity index (χ0) is 33.0. The number of hydrogen-bond donors (Lipinski definition) is 11. The molecular weight excluding hydrogens is 598 g/mol. The number of aliphatic hydroxyl groups is 6. The van der Waals surface area contributed by atoms with Crippen molar-refractivity contribution < 1.29 is 74.0 Å². The van der Waals surface area contributed by atoms with E-state index in [1.54, 1.807) is 0 Å². The van der Waals surface area contributed by atoms with Crippen molar-refractivity contribution in [3.8, 4) is 0 Å². The van der Waals surface area contributed by atoms with E-state index in [1.165, 1.54) is 19.3 Å². The van der Waals surface area contributed by atoms with Crippen molar-refractivity contribution in [2.45, 2.75) is 75.3 Å². The van der Waals surface area contributed by atoms with Gasteiger partial charge in [0, 0.05) is 13.1 Å². The molecule has 0 aliphatic carbocycles. The van der Waals surface area contributed by atoms with Crippen LogP contribution >= 0.6 is 0 Å². The van der Waals surface area contributed by atoms with Crippen LogP contribution in [0.1, 0.15) is 13.8 Å². The van der Waals surface area contributed by atoms with Crippen molar-refractivity contribution in [2.24, 2.45) is 0 Å². The molecule has 0 aromatic carbocycles. The summed E-state index contributed by atoms with van der Waals surface area (Å²) < 4.78 is 21.3. The summed E-state index contributed by atoms with van der Waals surface area (Å²) in [5, 5.41) is 74.9. The Hall–Kier alpha value is -2.60. The minimum atomic E-state index is -1.52. The predicted molar refractivity (Wildman–Crippen MR) is 142 cm³/mol. The molecule has 0 aromatic heterocycles. The van der Waals surface area contributed by atoms with Gasteiger partial charge in [-0.25, -0.2) is 5.48 Å². The molecule has 2 saturated heterocycles. The van der Waals surface area contributed by atoms with E-state index in [1.807, 2.05) is 0 Å². The van der Waals surface area contributed by atoms with Gasteiger partial charge in [0.2, 0.25) is 17.7 Å². The standard InChI is InChI=1S/C24H43N5O15/c1-11-17(34)19(36)21(38)23(43-11)41-5-3-25-14(31)8-29(10-16(33)27-7-13(30)28-40)9-15(32)26-4-6-42-24-22(39)20(37)18(35)12(2)44-24/h11-12,17-24,34-40H,3-10H2,1-2H3,(H,25,31)(H,26,32)(H,27,33)(H,28,30)/t11-,12-,17+,18+,19+,20+,21-,22-,23+,24+/m0/s1. The maximum absolute atomic E-state index is 12.5. The largest absolute Gasteiger partial charge is 0.388 e. The minimum Gasteiger partial charge on any atom is -0.388 e. The van der Waals surface area contributed by atoms with Crippen molar-refractivity contribution >= 4 is 23.6 Å². The molecule has 0 radical (unpaired) electrons. The fourth-order valence-electron chi connectivity index (χ4n) is 4.20. The molecule has 11 N–H and O–H groups in total. The summed E-state index contributed by atoms with van der Waals surface area (Å²) in [6, 6.07) is 0. The number of hydrogen-bond acceptors (Lipinski definition) is 16. The maximum atomic E-state index is 12.5. The summed E-state index contributed by atoms with van der Waals surface area (Å²) in [6.07, 6.45) is -12.8. The Kier molecular flexibility index (Phi) is 15.7. The number of aliphatic hydroxyl groups excluding tert-OH is 6. The summed E-state index contributed by atoms with van der Waals surface area (Å²) in [4.78, 5) is 49.6. The second-order valence-electron chi connectivity index (χ2n) is 10.3. The Morgan fingerprint density at radius 3 is 1.39 bits per heavy atom. The lowest BCUT2D eigenvalue weighted by molar-refractivity contribution is -0.292. The molecule has 2 aliphatic rings. The molecule has 4 amide bonds. The Labute approximate surface area is 252 Å². The predicted octanol–water partition coefficient (Wildman–Crippen LogP) is -7.17. The van der Waals surface area contributed by atoms with E-state index in [2.05, 4.69) is 16.0 Å². The van der Waals surface area contributed by atoms with E-state index in [0.717, 1.165) is 4.90 Å². The molecule has 0 unspecified atom stereocenters. The van der Waals surface area contributed by atoms with Crippen LogP contribution in [0.2, 0.25) is 0 Å². The first kappa shape index (κ1) is 37.6. The smallest absolute Gasteiger partial charge is 0.262 e. The minimum absolute atomic E-state index is 0.0852. The summed E-state index contributed by atoms with van der Waals surface area (Å²) >= 11 is 0. The first-order valence-electron chi connectivity index (χ1n) is 13.8. The Bertz CT molecular complexity index is 892. The first-order valence-corrected chi connectivity index (χ1v) is 13.8. The van der Waals surface area contributed by atoms with Crippen LogP contribution < -0.4 is 21.4 Å². The average molecular weight is 642 g/mol. The van der Waals surface area contributed by atoms with Crippen LogP contribution in [0.5, 0.6) is 0 Å². The quantitative estimate of drug-likeness (QED) is 0.0424. The summed E-state index contributed by atoms with van der Waals surface area (Å²) in [5.41, 5.74) is 1.34. The second kappa shape index (κ2) is 18.4. The van der Waals surface area contributed by atoms with Crippen LogP contribution in [0.3, 0.4) is 0 Å². The van der Waals surface area contributed by atoms with Gasteiger partial charge in [-0.3, -0.25) is 29.3 Å². The molecule has 2 heterocycles. The van der Waals surface area contributed by atoms with Gasteiger partial charge in [0.05, 0.1) is 51.6 Å². The molecule has 2 aliphatic heterocycles. The number of rotatable bonds is 16. The van der Waals surface area contributed by atoms with Gasteiger partial charge in [0.25, 0.3) is 5.91 Å². The lowest BCUT2D eigenvalue weighted by atomic mass is 10.0. The number of carbonyl (C=O) groups is 4. The molecule has 0 saturated carbocycles. The molecule has 0 bridgehead atoms. The third kappa shape index (κ3) is 11.7. The third-order valence-electron chi connectivity index (χ3n) is 6.70. The third-order valence-corrected chi connectivity index (χ3v) is 6.70. The molecule has 254 valence electrons. The lowest BCUT2D eigenvalue weighted by Crippen LogP contribution is -2.57. The van der Waals surface area contributed by atoms with Crippen LogP contribution in [0, 0.1) is 0 Å². The zero-order valence-electron chi connectivity index (χ0n) is 24.3. The summed E-state index contributed by atoms with van der Waals surface area (Å²) in [6.45, 7) is 0.522. The Morgan fingerprint density at radius 1 is 0.614 bits per heavy atom. The van der Waals surface area contributed by atoms with E-state index < -0.39 is 111 Å². The second-order valence-corrected chi connectivity index (χ2v) is 10.3. The van der Waals surface area contributed by atoms with Crippen molar-refractivity contribution in [2.75, 3.05) is 52.5 Å². The Balaban J connectivity index is 1.81.